The summed E-state index contributed by atoms with van der Waals surface area (Å²) in [7, 11) is 0. The van der Waals surface area contributed by atoms with Crippen LogP contribution in [0.1, 0.15) is 44.2 Å². The molecule has 1 aromatic carbocycles. The molecular weight excluding hydrogens is 447 g/mol. The molecule has 1 heterocycles. The first-order valence-corrected chi connectivity index (χ1v) is 8.99. The van der Waals surface area contributed by atoms with Crippen molar-refractivity contribution in [1.29, 1.82) is 0 Å². The third kappa shape index (κ3) is 8.42. The Bertz CT molecular complexity index is 481. The van der Waals surface area contributed by atoms with Gasteiger partial charge in [-0.2, -0.15) is 0 Å². The molecule has 1 aliphatic rings. The Morgan fingerprint density at radius 3 is 2.04 bits per heavy atom. The average molecular weight is 477 g/mol. The number of hydrogen-bond donors (Lipinski definition) is 0. The second kappa shape index (κ2) is 14.0. The average Bonchev–Trinajstić information content (AvgIpc) is 3.04. The van der Waals surface area contributed by atoms with Crippen LogP contribution in [0.25, 0.3) is 0 Å². The van der Waals surface area contributed by atoms with Gasteiger partial charge < -0.3 is 23.7 Å². The van der Waals surface area contributed by atoms with E-state index in [0.717, 1.165) is 43.8 Å². The van der Waals surface area contributed by atoms with Crippen LogP contribution in [0.2, 0.25) is 0 Å². The zero-order valence-electron chi connectivity index (χ0n) is 15.6. The fourth-order valence-electron chi connectivity index (χ4n) is 2.53. The first-order chi connectivity index (χ1) is 11.8. The van der Waals surface area contributed by atoms with Gasteiger partial charge in [-0.1, -0.05) is 26.7 Å². The van der Waals surface area contributed by atoms with E-state index in [4.69, 9.17) is 23.7 Å². The van der Waals surface area contributed by atoms with Crippen LogP contribution in [-0.4, -0.2) is 39.8 Å². The van der Waals surface area contributed by atoms with Gasteiger partial charge >= 0.3 is 0 Å². The zero-order chi connectivity index (χ0) is 17.0. The molecule has 0 aliphatic carbocycles. The molecule has 1 aliphatic heterocycles. The predicted molar refractivity (Wildman–Crippen MR) is 92.8 cm³/mol. The van der Waals surface area contributed by atoms with Gasteiger partial charge in [0.1, 0.15) is 0 Å². The summed E-state index contributed by atoms with van der Waals surface area (Å²) in [6, 6.07) is 4.12. The van der Waals surface area contributed by atoms with Gasteiger partial charge in [0.05, 0.1) is 33.0 Å². The summed E-state index contributed by atoms with van der Waals surface area (Å²) in [6.07, 6.45) is 4.38. The molecule has 0 aromatic heterocycles. The fraction of sp³-hybridized carbons (Fsp3) is 0.684. The number of hydrogen-bond acceptors (Lipinski definition) is 5. The third-order valence-corrected chi connectivity index (χ3v) is 3.86. The molecule has 2 rings (SSSR count). The van der Waals surface area contributed by atoms with Crippen molar-refractivity contribution < 1.29 is 59.3 Å². The number of ether oxygens (including phenoxy) is 5. The minimum atomic E-state index is 0. The second-order valence-corrected chi connectivity index (χ2v) is 5.86. The van der Waals surface area contributed by atoms with Crippen molar-refractivity contribution in [2.45, 2.75) is 46.1 Å². The Balaban J connectivity index is 0.00000312. The Kier molecular flexibility index (Phi) is 12.9. The standard InChI is InChI=1S/C19H30O5.La/c1-3-5-7-20-8-9-21-10-11-22-14-17-13-19-18(23-15-24-19)12-16(17)6-4-2;/h12-13H,3-11,14-15H2,1-2H3;. The minimum Gasteiger partial charge on any atom is -0.454 e. The molecule has 0 amide bonds. The molecule has 0 fully saturated rings. The van der Waals surface area contributed by atoms with Crippen LogP contribution < -0.4 is 9.47 Å². The van der Waals surface area contributed by atoms with E-state index in [2.05, 4.69) is 19.9 Å². The normalized spacial score (nSPS) is 12.2. The number of aryl methyl sites for hydroxylation is 1. The number of fused-ring (bicyclic) bond motifs is 1. The molecule has 0 bridgehead atoms. The number of benzene rings is 1. The molecular formula is C19H30LaO5. The molecule has 0 N–H and O–H groups in total. The van der Waals surface area contributed by atoms with Gasteiger partial charge in [-0.3, -0.25) is 0 Å². The smallest absolute Gasteiger partial charge is 0.231 e. The molecule has 25 heavy (non-hydrogen) atoms. The van der Waals surface area contributed by atoms with Gasteiger partial charge in [-0.05, 0) is 36.1 Å². The summed E-state index contributed by atoms with van der Waals surface area (Å²) in [6.45, 7) is 8.47. The first kappa shape index (κ1) is 22.9. The van der Waals surface area contributed by atoms with Gasteiger partial charge in [0.15, 0.2) is 11.5 Å². The van der Waals surface area contributed by atoms with E-state index < -0.39 is 0 Å². The number of rotatable bonds is 13. The van der Waals surface area contributed by atoms with Crippen molar-refractivity contribution in [3.63, 3.8) is 0 Å². The van der Waals surface area contributed by atoms with Crippen LogP contribution >= 0.6 is 0 Å². The summed E-state index contributed by atoms with van der Waals surface area (Å²) < 4.78 is 27.6. The maximum absolute atomic E-state index is 5.75. The van der Waals surface area contributed by atoms with Gasteiger partial charge in [0.25, 0.3) is 0 Å². The Labute approximate surface area is 179 Å². The van der Waals surface area contributed by atoms with Crippen LogP contribution in [0.5, 0.6) is 11.5 Å². The van der Waals surface area contributed by atoms with Crippen molar-refractivity contribution in [2.24, 2.45) is 0 Å². The second-order valence-electron chi connectivity index (χ2n) is 5.86. The molecule has 0 saturated carbocycles. The Hall–Kier alpha value is -0.105. The van der Waals surface area contributed by atoms with Gasteiger partial charge in [-0.25, -0.2) is 0 Å². The van der Waals surface area contributed by atoms with Crippen LogP contribution in [0.3, 0.4) is 0 Å². The van der Waals surface area contributed by atoms with Crippen LogP contribution in [0.15, 0.2) is 12.1 Å². The van der Waals surface area contributed by atoms with E-state index in [-0.39, 0.29) is 35.6 Å². The summed E-state index contributed by atoms with van der Waals surface area (Å²) >= 11 is 0. The van der Waals surface area contributed by atoms with Crippen LogP contribution in [0, 0.1) is 35.6 Å². The van der Waals surface area contributed by atoms with Crippen molar-refractivity contribution in [2.75, 3.05) is 39.8 Å². The van der Waals surface area contributed by atoms with Crippen LogP contribution in [0.4, 0.5) is 0 Å². The summed E-state index contributed by atoms with van der Waals surface area (Å²) in [5.41, 5.74) is 2.44. The minimum absolute atomic E-state index is 0. The van der Waals surface area contributed by atoms with E-state index in [1.807, 2.05) is 6.07 Å². The molecule has 6 heteroatoms. The molecule has 1 radical (unpaired) electrons. The largest absolute Gasteiger partial charge is 0.454 e. The van der Waals surface area contributed by atoms with Crippen molar-refractivity contribution in [3.8, 4) is 11.5 Å². The topological polar surface area (TPSA) is 46.2 Å². The predicted octanol–water partition coefficient (Wildman–Crippen LogP) is 3.72. The molecule has 0 atom stereocenters. The van der Waals surface area contributed by atoms with E-state index in [9.17, 15) is 0 Å². The quantitative estimate of drug-likeness (QED) is 0.406. The molecule has 0 unspecified atom stereocenters. The third-order valence-electron chi connectivity index (χ3n) is 3.86. The van der Waals surface area contributed by atoms with E-state index in [1.165, 1.54) is 11.1 Å². The van der Waals surface area contributed by atoms with Crippen LogP contribution in [-0.2, 0) is 27.2 Å². The van der Waals surface area contributed by atoms with E-state index in [1.54, 1.807) is 0 Å². The maximum atomic E-state index is 5.75. The molecule has 0 saturated heterocycles. The summed E-state index contributed by atoms with van der Waals surface area (Å²) in [5.74, 6) is 1.66. The van der Waals surface area contributed by atoms with E-state index in [0.29, 0.717) is 39.8 Å². The zero-order valence-corrected chi connectivity index (χ0v) is 19.2. The fourth-order valence-corrected chi connectivity index (χ4v) is 2.53. The molecule has 5 nitrogen and oxygen atoms in total. The van der Waals surface area contributed by atoms with Crippen molar-refractivity contribution in [1.82, 2.24) is 0 Å². The van der Waals surface area contributed by atoms with Crippen molar-refractivity contribution >= 4 is 0 Å². The van der Waals surface area contributed by atoms with Gasteiger partial charge in [0.2, 0.25) is 6.79 Å². The summed E-state index contributed by atoms with van der Waals surface area (Å²) in [4.78, 5) is 0. The first-order valence-electron chi connectivity index (χ1n) is 8.99. The molecule has 1 aromatic rings. The monoisotopic (exact) mass is 477 g/mol. The van der Waals surface area contributed by atoms with Gasteiger partial charge in [-0.15, -0.1) is 0 Å². The number of unbranched alkanes of at least 4 members (excludes halogenated alkanes) is 1. The van der Waals surface area contributed by atoms with Crippen molar-refractivity contribution in [3.05, 3.63) is 23.3 Å². The molecule has 0 spiro atoms. The summed E-state index contributed by atoms with van der Waals surface area (Å²) in [5, 5.41) is 0. The maximum Gasteiger partial charge on any atom is 0.231 e. The molecule has 139 valence electrons. The SMILES string of the molecule is CCCCOCCOCCOCc1cc2c(cc1CCC)OCO2.[La]. The van der Waals surface area contributed by atoms with Gasteiger partial charge in [0, 0.05) is 42.2 Å². The van der Waals surface area contributed by atoms with E-state index >= 15 is 0 Å². The Morgan fingerprint density at radius 2 is 1.40 bits per heavy atom. The Morgan fingerprint density at radius 1 is 0.800 bits per heavy atom.